The van der Waals surface area contributed by atoms with Crippen LogP contribution in [0.2, 0.25) is 0 Å². The lowest BCUT2D eigenvalue weighted by molar-refractivity contribution is 0.285. The molecule has 2 aromatic carbocycles. The van der Waals surface area contributed by atoms with E-state index in [1.165, 1.54) is 17.7 Å². The standard InChI is InChI=1S/C18H17FN2O2/c1-11-7-12(2)13(3)16(8-11)22-10-17-20-18(23-21-17)14-5-4-6-15(19)9-14/h4-9H,10H2,1-3H3. The van der Waals surface area contributed by atoms with Gasteiger partial charge in [-0.1, -0.05) is 17.3 Å². The van der Waals surface area contributed by atoms with Crippen LogP contribution in [0.15, 0.2) is 40.9 Å². The monoisotopic (exact) mass is 312 g/mol. The maximum Gasteiger partial charge on any atom is 0.258 e. The topological polar surface area (TPSA) is 48.2 Å². The van der Waals surface area contributed by atoms with Gasteiger partial charge in [-0.2, -0.15) is 4.98 Å². The molecule has 0 aliphatic heterocycles. The summed E-state index contributed by atoms with van der Waals surface area (Å²) in [5, 5.41) is 3.88. The third kappa shape index (κ3) is 3.39. The van der Waals surface area contributed by atoms with E-state index in [2.05, 4.69) is 16.2 Å². The van der Waals surface area contributed by atoms with E-state index in [-0.39, 0.29) is 18.3 Å². The number of benzene rings is 2. The van der Waals surface area contributed by atoms with Gasteiger partial charge in [-0.3, -0.25) is 0 Å². The smallest absolute Gasteiger partial charge is 0.258 e. The fourth-order valence-corrected chi connectivity index (χ4v) is 2.34. The van der Waals surface area contributed by atoms with Crippen molar-refractivity contribution >= 4 is 0 Å². The van der Waals surface area contributed by atoms with Crippen molar-refractivity contribution in [3.8, 4) is 17.2 Å². The molecule has 0 bridgehead atoms. The molecule has 0 amide bonds. The fraction of sp³-hybridized carbons (Fsp3) is 0.222. The van der Waals surface area contributed by atoms with Gasteiger partial charge in [-0.05, 0) is 61.7 Å². The van der Waals surface area contributed by atoms with Crippen LogP contribution in [-0.2, 0) is 6.61 Å². The zero-order valence-electron chi connectivity index (χ0n) is 13.3. The summed E-state index contributed by atoms with van der Waals surface area (Å²) in [5.41, 5.74) is 3.95. The highest BCUT2D eigenvalue weighted by Gasteiger charge is 2.11. The Morgan fingerprint density at radius 3 is 2.74 bits per heavy atom. The first-order chi connectivity index (χ1) is 11.0. The number of nitrogens with zero attached hydrogens (tertiary/aromatic N) is 2. The summed E-state index contributed by atoms with van der Waals surface area (Å²) in [6, 6.07) is 10.1. The summed E-state index contributed by atoms with van der Waals surface area (Å²) in [7, 11) is 0. The minimum atomic E-state index is -0.343. The molecule has 23 heavy (non-hydrogen) atoms. The number of aryl methyl sites for hydroxylation is 2. The van der Waals surface area contributed by atoms with Gasteiger partial charge in [0.05, 0.1) is 0 Å². The van der Waals surface area contributed by atoms with Gasteiger partial charge >= 0.3 is 0 Å². The van der Waals surface area contributed by atoms with Crippen molar-refractivity contribution in [2.24, 2.45) is 0 Å². The summed E-state index contributed by atoms with van der Waals surface area (Å²) in [6.07, 6.45) is 0. The number of rotatable bonds is 4. The maximum absolute atomic E-state index is 13.2. The summed E-state index contributed by atoms with van der Waals surface area (Å²) in [5.74, 6) is 1.16. The zero-order valence-corrected chi connectivity index (χ0v) is 13.3. The van der Waals surface area contributed by atoms with Crippen molar-refractivity contribution in [2.45, 2.75) is 27.4 Å². The molecule has 4 nitrogen and oxygen atoms in total. The van der Waals surface area contributed by atoms with Crippen LogP contribution in [0, 0.1) is 26.6 Å². The molecule has 0 aliphatic rings. The van der Waals surface area contributed by atoms with E-state index in [1.807, 2.05) is 26.8 Å². The second-order valence-electron chi connectivity index (χ2n) is 5.52. The number of halogens is 1. The molecule has 0 saturated carbocycles. The Kier molecular flexibility index (Phi) is 4.10. The Labute approximate surface area is 133 Å². The first kappa shape index (κ1) is 15.2. The summed E-state index contributed by atoms with van der Waals surface area (Å²) in [4.78, 5) is 4.24. The quantitative estimate of drug-likeness (QED) is 0.717. The minimum Gasteiger partial charge on any atom is -0.485 e. The van der Waals surface area contributed by atoms with Crippen LogP contribution in [0.3, 0.4) is 0 Å². The molecular weight excluding hydrogens is 295 g/mol. The molecule has 0 aliphatic carbocycles. The number of ether oxygens (including phenoxy) is 1. The maximum atomic E-state index is 13.2. The molecule has 0 radical (unpaired) electrons. The van der Waals surface area contributed by atoms with Crippen molar-refractivity contribution in [2.75, 3.05) is 0 Å². The van der Waals surface area contributed by atoms with Crippen molar-refractivity contribution in [3.05, 3.63) is 64.7 Å². The Morgan fingerprint density at radius 2 is 1.96 bits per heavy atom. The van der Waals surface area contributed by atoms with Crippen molar-refractivity contribution < 1.29 is 13.7 Å². The Hall–Kier alpha value is -2.69. The number of hydrogen-bond acceptors (Lipinski definition) is 4. The van der Waals surface area contributed by atoms with E-state index in [0.717, 1.165) is 16.9 Å². The highest BCUT2D eigenvalue weighted by Crippen LogP contribution is 2.24. The molecule has 0 spiro atoms. The molecular formula is C18H17FN2O2. The molecule has 0 unspecified atom stereocenters. The SMILES string of the molecule is Cc1cc(C)c(C)c(OCc2noc(-c3cccc(F)c3)n2)c1. The Balaban J connectivity index is 1.75. The predicted molar refractivity (Wildman–Crippen MR) is 84.7 cm³/mol. The summed E-state index contributed by atoms with van der Waals surface area (Å²) < 4.78 is 24.2. The second kappa shape index (κ2) is 6.20. The van der Waals surface area contributed by atoms with Crippen LogP contribution in [0.5, 0.6) is 5.75 Å². The van der Waals surface area contributed by atoms with Gasteiger partial charge in [0.1, 0.15) is 11.6 Å². The van der Waals surface area contributed by atoms with Crippen LogP contribution < -0.4 is 4.74 Å². The van der Waals surface area contributed by atoms with Gasteiger partial charge in [0.25, 0.3) is 5.89 Å². The first-order valence-corrected chi connectivity index (χ1v) is 7.32. The predicted octanol–water partition coefficient (Wildman–Crippen LogP) is 4.38. The van der Waals surface area contributed by atoms with E-state index in [4.69, 9.17) is 9.26 Å². The third-order valence-corrected chi connectivity index (χ3v) is 3.66. The van der Waals surface area contributed by atoms with E-state index in [1.54, 1.807) is 12.1 Å². The van der Waals surface area contributed by atoms with E-state index in [9.17, 15) is 4.39 Å². The van der Waals surface area contributed by atoms with E-state index in [0.29, 0.717) is 11.4 Å². The van der Waals surface area contributed by atoms with Gasteiger partial charge in [0.2, 0.25) is 5.82 Å². The summed E-state index contributed by atoms with van der Waals surface area (Å²) >= 11 is 0. The Bertz CT molecular complexity index is 843. The van der Waals surface area contributed by atoms with Gasteiger partial charge in [-0.15, -0.1) is 0 Å². The lowest BCUT2D eigenvalue weighted by atomic mass is 10.1. The number of aromatic nitrogens is 2. The normalized spacial score (nSPS) is 10.8. The van der Waals surface area contributed by atoms with Crippen molar-refractivity contribution in [3.63, 3.8) is 0 Å². The average Bonchev–Trinajstić information content (AvgIpc) is 2.98. The highest BCUT2D eigenvalue weighted by molar-refractivity contribution is 5.52. The van der Waals surface area contributed by atoms with Crippen LogP contribution in [0.25, 0.3) is 11.5 Å². The molecule has 3 aromatic rings. The van der Waals surface area contributed by atoms with Crippen LogP contribution in [0.4, 0.5) is 4.39 Å². The number of hydrogen-bond donors (Lipinski definition) is 0. The van der Waals surface area contributed by atoms with Gasteiger partial charge < -0.3 is 9.26 Å². The molecule has 1 aromatic heterocycles. The van der Waals surface area contributed by atoms with Crippen LogP contribution >= 0.6 is 0 Å². The molecule has 0 saturated heterocycles. The van der Waals surface area contributed by atoms with Gasteiger partial charge in [-0.25, -0.2) is 4.39 Å². The minimum absolute atomic E-state index is 0.197. The average molecular weight is 312 g/mol. The lowest BCUT2D eigenvalue weighted by Gasteiger charge is -2.10. The second-order valence-corrected chi connectivity index (χ2v) is 5.52. The molecule has 1 heterocycles. The first-order valence-electron chi connectivity index (χ1n) is 7.32. The van der Waals surface area contributed by atoms with Crippen LogP contribution in [-0.4, -0.2) is 10.1 Å². The van der Waals surface area contributed by atoms with Crippen molar-refractivity contribution in [1.29, 1.82) is 0 Å². The lowest BCUT2D eigenvalue weighted by Crippen LogP contribution is -2.00. The zero-order chi connectivity index (χ0) is 16.4. The van der Waals surface area contributed by atoms with Gasteiger partial charge in [0.15, 0.2) is 6.61 Å². The van der Waals surface area contributed by atoms with E-state index < -0.39 is 0 Å². The van der Waals surface area contributed by atoms with E-state index >= 15 is 0 Å². The van der Waals surface area contributed by atoms with Crippen molar-refractivity contribution in [1.82, 2.24) is 10.1 Å². The molecule has 3 rings (SSSR count). The molecule has 5 heteroatoms. The van der Waals surface area contributed by atoms with Gasteiger partial charge in [0, 0.05) is 5.56 Å². The third-order valence-electron chi connectivity index (χ3n) is 3.66. The van der Waals surface area contributed by atoms with Crippen LogP contribution in [0.1, 0.15) is 22.5 Å². The largest absolute Gasteiger partial charge is 0.485 e. The fourth-order valence-electron chi connectivity index (χ4n) is 2.34. The highest BCUT2D eigenvalue weighted by atomic mass is 19.1. The Morgan fingerprint density at radius 1 is 1.13 bits per heavy atom. The summed E-state index contributed by atoms with van der Waals surface area (Å²) in [6.45, 7) is 6.28. The molecule has 118 valence electrons. The molecule has 0 atom stereocenters. The molecule has 0 N–H and O–H groups in total. The molecule has 0 fully saturated rings.